The summed E-state index contributed by atoms with van der Waals surface area (Å²) in [6.07, 6.45) is 1.25. The topological polar surface area (TPSA) is 108 Å². The molecule has 0 aliphatic carbocycles. The van der Waals surface area contributed by atoms with Gasteiger partial charge in [0.2, 0.25) is 5.69 Å². The van der Waals surface area contributed by atoms with Gasteiger partial charge in [0.25, 0.3) is 5.91 Å². The van der Waals surface area contributed by atoms with Gasteiger partial charge in [0.1, 0.15) is 6.20 Å². The van der Waals surface area contributed by atoms with Crippen molar-refractivity contribution in [3.8, 4) is 0 Å². The van der Waals surface area contributed by atoms with E-state index in [1.165, 1.54) is 10.9 Å². The Balaban J connectivity index is 1.87. The van der Waals surface area contributed by atoms with Crippen molar-refractivity contribution in [2.24, 2.45) is 0 Å². The molecule has 0 atom stereocenters. The van der Waals surface area contributed by atoms with Crippen LogP contribution < -0.4 is 5.32 Å². The van der Waals surface area contributed by atoms with Crippen LogP contribution in [0.4, 0.5) is 11.4 Å². The van der Waals surface area contributed by atoms with Gasteiger partial charge >= 0.3 is 5.69 Å². The number of nitrogens with one attached hydrogen (secondary N) is 1. The van der Waals surface area contributed by atoms with Crippen molar-refractivity contribution in [3.63, 3.8) is 0 Å². The lowest BCUT2D eigenvalue weighted by molar-refractivity contribution is -0.385. The molecule has 10 heteroatoms. The molecule has 9 nitrogen and oxygen atoms in total. The second-order valence-corrected chi connectivity index (χ2v) is 6.70. The first-order valence-corrected chi connectivity index (χ1v) is 8.99. The number of aromatic nitrogens is 4. The molecule has 0 fully saturated rings. The van der Waals surface area contributed by atoms with Crippen molar-refractivity contribution in [2.45, 2.75) is 33.9 Å². The van der Waals surface area contributed by atoms with Crippen molar-refractivity contribution < 1.29 is 9.72 Å². The molecule has 1 N–H and O–H groups in total. The van der Waals surface area contributed by atoms with E-state index in [0.717, 1.165) is 11.3 Å². The molecule has 3 rings (SSSR count). The number of halogens is 1. The first-order valence-electron chi connectivity index (χ1n) is 8.61. The maximum absolute atomic E-state index is 12.6. The van der Waals surface area contributed by atoms with Gasteiger partial charge in [-0.15, -0.1) is 0 Å². The van der Waals surface area contributed by atoms with Crippen LogP contribution in [-0.4, -0.2) is 30.4 Å². The van der Waals surface area contributed by atoms with Gasteiger partial charge in [0, 0.05) is 11.6 Å². The number of hydrogen-bond donors (Lipinski definition) is 1. The van der Waals surface area contributed by atoms with E-state index >= 15 is 0 Å². The maximum Gasteiger partial charge on any atom is 0.320 e. The number of amides is 1. The zero-order valence-electron chi connectivity index (χ0n) is 15.6. The second-order valence-electron chi connectivity index (χ2n) is 6.26. The summed E-state index contributed by atoms with van der Waals surface area (Å²) in [6, 6.07) is 7.42. The highest BCUT2D eigenvalue weighted by Gasteiger charge is 2.27. The second kappa shape index (κ2) is 7.81. The molecule has 0 bridgehead atoms. The summed E-state index contributed by atoms with van der Waals surface area (Å²) in [7, 11) is 0. The molecule has 0 unspecified atom stereocenters. The van der Waals surface area contributed by atoms with Gasteiger partial charge in [-0.25, -0.2) is 0 Å². The highest BCUT2D eigenvalue weighted by atomic mass is 35.5. The minimum Gasteiger partial charge on any atom is -0.317 e. The molecule has 146 valence electrons. The van der Waals surface area contributed by atoms with Crippen LogP contribution in [0, 0.1) is 24.0 Å². The average molecular weight is 403 g/mol. The molecule has 2 heterocycles. The Kier molecular flexibility index (Phi) is 5.46. The third-order valence-corrected chi connectivity index (χ3v) is 4.55. The van der Waals surface area contributed by atoms with Crippen LogP contribution in [0.15, 0.2) is 30.5 Å². The Bertz CT molecular complexity index is 1060. The van der Waals surface area contributed by atoms with Crippen LogP contribution >= 0.6 is 11.6 Å². The highest BCUT2D eigenvalue weighted by Crippen LogP contribution is 2.24. The van der Waals surface area contributed by atoms with E-state index in [9.17, 15) is 14.9 Å². The van der Waals surface area contributed by atoms with E-state index in [2.05, 4.69) is 15.5 Å². The fourth-order valence-corrected chi connectivity index (χ4v) is 3.09. The first kappa shape index (κ1) is 19.6. The molecule has 0 saturated carbocycles. The Morgan fingerprint density at radius 1 is 1.32 bits per heavy atom. The predicted octanol–water partition coefficient (Wildman–Crippen LogP) is 3.58. The van der Waals surface area contributed by atoms with Crippen LogP contribution in [0.25, 0.3) is 0 Å². The van der Waals surface area contributed by atoms with Crippen LogP contribution in [-0.2, 0) is 13.1 Å². The monoisotopic (exact) mass is 402 g/mol. The van der Waals surface area contributed by atoms with E-state index in [1.54, 1.807) is 24.6 Å². The smallest absolute Gasteiger partial charge is 0.317 e. The van der Waals surface area contributed by atoms with E-state index < -0.39 is 10.8 Å². The number of nitro groups is 1. The third kappa shape index (κ3) is 3.89. The molecule has 1 amide bonds. The van der Waals surface area contributed by atoms with E-state index in [-0.39, 0.29) is 11.4 Å². The Morgan fingerprint density at radius 2 is 2.07 bits per heavy atom. The summed E-state index contributed by atoms with van der Waals surface area (Å²) in [4.78, 5) is 23.2. The summed E-state index contributed by atoms with van der Waals surface area (Å²) in [5, 5.41) is 23.0. The molecule has 3 aromatic rings. The van der Waals surface area contributed by atoms with E-state index in [4.69, 9.17) is 11.6 Å². The summed E-state index contributed by atoms with van der Waals surface area (Å²) in [5.41, 5.74) is 2.24. The number of benzene rings is 1. The number of anilines is 1. The summed E-state index contributed by atoms with van der Waals surface area (Å²) < 4.78 is 3.10. The summed E-state index contributed by atoms with van der Waals surface area (Å²) in [5.74, 6) is -0.646. The molecule has 28 heavy (non-hydrogen) atoms. The molecule has 0 aliphatic rings. The zero-order chi connectivity index (χ0) is 20.4. The molecular weight excluding hydrogens is 384 g/mol. The van der Waals surface area contributed by atoms with Crippen molar-refractivity contribution >= 4 is 28.9 Å². The van der Waals surface area contributed by atoms with Gasteiger partial charge in [0.05, 0.1) is 28.5 Å². The third-order valence-electron chi connectivity index (χ3n) is 4.32. The van der Waals surface area contributed by atoms with Gasteiger partial charge in [-0.1, -0.05) is 23.7 Å². The lowest BCUT2D eigenvalue weighted by Gasteiger charge is -2.07. The summed E-state index contributed by atoms with van der Waals surface area (Å²) in [6.45, 7) is 6.26. The predicted molar refractivity (Wildman–Crippen MR) is 105 cm³/mol. The quantitative estimate of drug-likeness (QED) is 0.500. The number of hydrogen-bond acceptors (Lipinski definition) is 5. The largest absolute Gasteiger partial charge is 0.320 e. The van der Waals surface area contributed by atoms with E-state index in [1.807, 2.05) is 25.1 Å². The van der Waals surface area contributed by atoms with Gasteiger partial charge in [-0.2, -0.15) is 10.2 Å². The summed E-state index contributed by atoms with van der Waals surface area (Å²) >= 11 is 6.03. The lowest BCUT2D eigenvalue weighted by Crippen LogP contribution is -2.16. The number of nitrogens with zero attached hydrogens (tertiary/aromatic N) is 5. The molecule has 1 aromatic carbocycles. The molecule has 0 spiro atoms. The van der Waals surface area contributed by atoms with Crippen molar-refractivity contribution in [2.75, 3.05) is 5.32 Å². The standard InChI is InChI=1S/C18H19ClN6O3/c1-4-23-10-15(25(27)28)17(22-23)18(26)20-16-11(2)21-24(12(16)3)9-13-6-5-7-14(19)8-13/h5-8,10H,4,9H2,1-3H3,(H,20,26). The Morgan fingerprint density at radius 3 is 2.71 bits per heavy atom. The van der Waals surface area contributed by atoms with Crippen molar-refractivity contribution in [3.05, 3.63) is 68.2 Å². The molecule has 2 aromatic heterocycles. The van der Waals surface area contributed by atoms with Gasteiger partial charge in [-0.05, 0) is 38.5 Å². The van der Waals surface area contributed by atoms with Gasteiger partial charge < -0.3 is 5.32 Å². The first-order chi connectivity index (χ1) is 13.3. The normalized spacial score (nSPS) is 10.9. The molecule has 0 radical (unpaired) electrons. The van der Waals surface area contributed by atoms with Gasteiger partial charge in [0.15, 0.2) is 0 Å². The Labute approximate surface area is 166 Å². The fourth-order valence-electron chi connectivity index (χ4n) is 2.88. The van der Waals surface area contributed by atoms with Crippen molar-refractivity contribution in [1.29, 1.82) is 0 Å². The number of carbonyl (C=O) groups is 1. The van der Waals surface area contributed by atoms with Crippen LogP contribution in [0.5, 0.6) is 0 Å². The number of carbonyl (C=O) groups excluding carboxylic acids is 1. The lowest BCUT2D eigenvalue weighted by atomic mass is 10.2. The number of aryl methyl sites for hydroxylation is 2. The maximum atomic E-state index is 12.6. The van der Waals surface area contributed by atoms with Crippen LogP contribution in [0.1, 0.15) is 34.4 Å². The van der Waals surface area contributed by atoms with E-state index in [0.29, 0.717) is 29.5 Å². The average Bonchev–Trinajstić information content (AvgIpc) is 3.19. The number of rotatable bonds is 6. The molecule has 0 saturated heterocycles. The van der Waals surface area contributed by atoms with Crippen LogP contribution in [0.3, 0.4) is 0 Å². The highest BCUT2D eigenvalue weighted by molar-refractivity contribution is 6.30. The van der Waals surface area contributed by atoms with Gasteiger partial charge in [-0.3, -0.25) is 24.3 Å². The van der Waals surface area contributed by atoms with Crippen molar-refractivity contribution in [1.82, 2.24) is 19.6 Å². The fraction of sp³-hybridized carbons (Fsp3) is 0.278. The minimum absolute atomic E-state index is 0.228. The Hall–Kier alpha value is -3.20. The molecule has 0 aliphatic heterocycles. The zero-order valence-corrected chi connectivity index (χ0v) is 16.4. The van der Waals surface area contributed by atoms with Crippen LogP contribution in [0.2, 0.25) is 5.02 Å². The SMILES string of the molecule is CCn1cc([N+](=O)[O-])c(C(=O)Nc2c(C)nn(Cc3cccc(Cl)c3)c2C)n1. The minimum atomic E-state index is -0.646. The molecular formula is C18H19ClN6O3.